The second kappa shape index (κ2) is 6.28. The summed E-state index contributed by atoms with van der Waals surface area (Å²) in [4.78, 5) is 14.7. The predicted molar refractivity (Wildman–Crippen MR) is 98.3 cm³/mol. The van der Waals surface area contributed by atoms with Gasteiger partial charge in [-0.15, -0.1) is 0 Å². The first-order valence-electron chi connectivity index (χ1n) is 8.45. The molecule has 1 aliphatic rings. The highest BCUT2D eigenvalue weighted by atomic mass is 32.2. The zero-order valence-electron chi connectivity index (χ0n) is 14.4. The molecule has 3 heterocycles. The van der Waals surface area contributed by atoms with Gasteiger partial charge in [-0.2, -0.15) is 5.10 Å². The zero-order chi connectivity index (χ0) is 18.3. The molecule has 2 aromatic heterocycles. The number of carbonyl (C=O) groups is 1. The van der Waals surface area contributed by atoms with Gasteiger partial charge in [-0.25, -0.2) is 8.42 Å². The van der Waals surface area contributed by atoms with E-state index < -0.39 is 15.9 Å². The second-order valence-corrected chi connectivity index (χ2v) is 8.90. The van der Waals surface area contributed by atoms with Crippen molar-refractivity contribution in [2.75, 3.05) is 18.1 Å². The van der Waals surface area contributed by atoms with Crippen LogP contribution in [-0.2, 0) is 28.2 Å². The third-order valence-corrected chi connectivity index (χ3v) is 6.48. The van der Waals surface area contributed by atoms with E-state index in [9.17, 15) is 13.2 Å². The molecule has 1 atom stereocenters. The van der Waals surface area contributed by atoms with Crippen LogP contribution in [0.5, 0.6) is 0 Å². The Morgan fingerprint density at radius 3 is 2.85 bits per heavy atom. The average molecular weight is 372 g/mol. The van der Waals surface area contributed by atoms with Gasteiger partial charge in [-0.05, 0) is 17.5 Å². The van der Waals surface area contributed by atoms with Gasteiger partial charge in [0.2, 0.25) is 5.91 Å². The van der Waals surface area contributed by atoms with E-state index in [1.165, 1.54) is 0 Å². The van der Waals surface area contributed by atoms with Crippen LogP contribution < -0.4 is 0 Å². The van der Waals surface area contributed by atoms with Crippen LogP contribution in [0.15, 0.2) is 48.9 Å². The quantitative estimate of drug-likeness (QED) is 0.696. The Balaban J connectivity index is 1.62. The molecule has 1 amide bonds. The second-order valence-electron chi connectivity index (χ2n) is 6.67. The molecule has 0 spiro atoms. The molecule has 4 rings (SSSR count). The Labute approximate surface area is 151 Å². The van der Waals surface area contributed by atoms with Crippen LogP contribution in [0.2, 0.25) is 0 Å². The van der Waals surface area contributed by atoms with E-state index in [0.717, 1.165) is 16.5 Å². The van der Waals surface area contributed by atoms with Crippen molar-refractivity contribution in [3.8, 4) is 0 Å². The molecule has 0 bridgehead atoms. The molecular weight excluding hydrogens is 352 g/mol. The van der Waals surface area contributed by atoms with Gasteiger partial charge in [-0.3, -0.25) is 9.48 Å². The van der Waals surface area contributed by atoms with Crippen molar-refractivity contribution in [1.29, 1.82) is 0 Å². The molecular formula is C18H20N4O3S. The highest BCUT2D eigenvalue weighted by Crippen LogP contribution is 2.27. The Morgan fingerprint density at radius 2 is 2.08 bits per heavy atom. The number of fused-ring (bicyclic) bond motifs is 1. The number of hydrogen-bond donors (Lipinski definition) is 0. The van der Waals surface area contributed by atoms with Crippen molar-refractivity contribution in [2.24, 2.45) is 7.05 Å². The number of amides is 1. The molecule has 26 heavy (non-hydrogen) atoms. The number of nitrogens with zero attached hydrogens (tertiary/aromatic N) is 4. The van der Waals surface area contributed by atoms with Gasteiger partial charge in [0.1, 0.15) is 6.54 Å². The molecule has 0 aliphatic carbocycles. The molecule has 136 valence electrons. The fourth-order valence-corrected chi connectivity index (χ4v) is 5.00. The predicted octanol–water partition coefficient (Wildman–Crippen LogP) is 1.37. The maximum atomic E-state index is 13.0. The molecule has 7 nitrogen and oxygen atoms in total. The number of hydrogen-bond acceptors (Lipinski definition) is 4. The number of sulfone groups is 1. The minimum absolute atomic E-state index is 0.00191. The van der Waals surface area contributed by atoms with Crippen molar-refractivity contribution in [3.63, 3.8) is 0 Å². The Hall–Kier alpha value is -2.61. The summed E-state index contributed by atoms with van der Waals surface area (Å²) in [6.45, 7) is 0.393. The molecule has 0 saturated carbocycles. The van der Waals surface area contributed by atoms with Gasteiger partial charge in [0.25, 0.3) is 0 Å². The van der Waals surface area contributed by atoms with E-state index in [0.29, 0.717) is 0 Å². The van der Waals surface area contributed by atoms with Gasteiger partial charge in [0, 0.05) is 37.1 Å². The van der Waals surface area contributed by atoms with Crippen molar-refractivity contribution in [1.82, 2.24) is 19.2 Å². The zero-order valence-corrected chi connectivity index (χ0v) is 15.3. The highest BCUT2D eigenvalue weighted by Gasteiger charge is 2.35. The lowest BCUT2D eigenvalue weighted by Crippen LogP contribution is -2.47. The summed E-state index contributed by atoms with van der Waals surface area (Å²) >= 11 is 0. The third-order valence-electron chi connectivity index (χ3n) is 4.85. The first-order valence-corrected chi connectivity index (χ1v) is 10.3. The summed E-state index contributed by atoms with van der Waals surface area (Å²) in [5.74, 6) is -0.145. The van der Waals surface area contributed by atoms with Gasteiger partial charge in [0.05, 0.1) is 23.7 Å². The Morgan fingerprint density at radius 1 is 1.27 bits per heavy atom. The Kier molecular flexibility index (Phi) is 4.07. The molecule has 0 radical (unpaired) electrons. The van der Waals surface area contributed by atoms with E-state index in [4.69, 9.17) is 0 Å². The van der Waals surface area contributed by atoms with Gasteiger partial charge >= 0.3 is 0 Å². The number of aromatic nitrogens is 3. The first kappa shape index (κ1) is 16.8. The summed E-state index contributed by atoms with van der Waals surface area (Å²) in [6.07, 6.45) is 5.30. The molecule has 1 aliphatic heterocycles. The lowest BCUT2D eigenvalue weighted by Gasteiger charge is -2.35. The van der Waals surface area contributed by atoms with Crippen LogP contribution in [-0.4, -0.2) is 51.6 Å². The van der Waals surface area contributed by atoms with Crippen LogP contribution in [0.3, 0.4) is 0 Å². The molecule has 1 fully saturated rings. The summed E-state index contributed by atoms with van der Waals surface area (Å²) < 4.78 is 27.8. The lowest BCUT2D eigenvalue weighted by molar-refractivity contribution is -0.133. The third kappa shape index (κ3) is 3.12. The first-order chi connectivity index (χ1) is 12.4. The number of aryl methyl sites for hydroxylation is 1. The summed E-state index contributed by atoms with van der Waals surface area (Å²) in [7, 11) is -1.39. The van der Waals surface area contributed by atoms with Crippen LogP contribution in [0, 0.1) is 0 Å². The molecule has 0 N–H and O–H groups in total. The topological polar surface area (TPSA) is 77.2 Å². The fraction of sp³-hybridized carbons (Fsp3) is 0.333. The minimum atomic E-state index is -3.17. The number of benzene rings is 1. The van der Waals surface area contributed by atoms with Crippen LogP contribution in [0.25, 0.3) is 10.9 Å². The molecule has 3 aromatic rings. The van der Waals surface area contributed by atoms with E-state index in [1.807, 2.05) is 41.1 Å². The Bertz CT molecular complexity index is 1070. The van der Waals surface area contributed by atoms with Gasteiger partial charge in [0.15, 0.2) is 9.84 Å². The summed E-state index contributed by atoms with van der Waals surface area (Å²) in [6, 6.07) is 9.36. The van der Waals surface area contributed by atoms with Crippen molar-refractivity contribution >= 4 is 26.6 Å². The largest absolute Gasteiger partial charge is 0.338 e. The lowest BCUT2D eigenvalue weighted by atomic mass is 10.1. The fourth-order valence-electron chi connectivity index (χ4n) is 3.51. The van der Waals surface area contributed by atoms with E-state index >= 15 is 0 Å². The average Bonchev–Trinajstić information content (AvgIpc) is 3.21. The van der Waals surface area contributed by atoms with Crippen molar-refractivity contribution < 1.29 is 13.2 Å². The molecule has 8 heteroatoms. The minimum Gasteiger partial charge on any atom is -0.338 e. The monoisotopic (exact) mass is 372 g/mol. The van der Waals surface area contributed by atoms with Crippen LogP contribution in [0.1, 0.15) is 11.6 Å². The maximum absolute atomic E-state index is 13.0. The van der Waals surface area contributed by atoms with E-state index in [-0.39, 0.29) is 30.5 Å². The van der Waals surface area contributed by atoms with Crippen molar-refractivity contribution in [3.05, 3.63) is 54.5 Å². The van der Waals surface area contributed by atoms with Crippen LogP contribution >= 0.6 is 0 Å². The summed E-state index contributed by atoms with van der Waals surface area (Å²) in [5, 5.41) is 5.20. The smallest absolute Gasteiger partial charge is 0.243 e. The molecule has 1 saturated heterocycles. The number of rotatable bonds is 3. The van der Waals surface area contributed by atoms with E-state index in [1.54, 1.807) is 29.0 Å². The number of para-hydroxylation sites is 1. The van der Waals surface area contributed by atoms with E-state index in [2.05, 4.69) is 5.10 Å². The SMILES string of the molecule is Cn1cc(C2CS(=O)(=O)CCN2C(=O)Cn2ccc3ccccc32)cn1. The molecule has 1 aromatic carbocycles. The maximum Gasteiger partial charge on any atom is 0.243 e. The molecule has 1 unspecified atom stereocenters. The normalized spacial score (nSPS) is 19.7. The van der Waals surface area contributed by atoms with Gasteiger partial charge < -0.3 is 9.47 Å². The van der Waals surface area contributed by atoms with Crippen molar-refractivity contribution in [2.45, 2.75) is 12.6 Å². The van der Waals surface area contributed by atoms with Gasteiger partial charge in [-0.1, -0.05) is 18.2 Å². The number of carbonyl (C=O) groups excluding carboxylic acids is 1. The standard InChI is InChI=1S/C18H20N4O3S/c1-20-11-15(10-19-20)17-13-26(24,25)9-8-22(17)18(23)12-21-7-6-14-4-2-3-5-16(14)21/h2-7,10-11,17H,8-9,12-13H2,1H3. The van der Waals surface area contributed by atoms with Crippen LogP contribution in [0.4, 0.5) is 0 Å². The summed E-state index contributed by atoms with van der Waals surface area (Å²) in [5.41, 5.74) is 1.74. The highest BCUT2D eigenvalue weighted by molar-refractivity contribution is 7.91.